The molecule has 2 aromatic rings. The predicted octanol–water partition coefficient (Wildman–Crippen LogP) is 7.28. The predicted molar refractivity (Wildman–Crippen MR) is 125 cm³/mol. The molecule has 0 heterocycles. The fraction of sp³-hybridized carbons (Fsp3) is 0.520. The van der Waals surface area contributed by atoms with Gasteiger partial charge in [-0.1, -0.05) is 95.4 Å². The zero-order chi connectivity index (χ0) is 22.5. The van der Waals surface area contributed by atoms with Crippen molar-refractivity contribution in [2.24, 2.45) is 0 Å². The molecule has 172 valence electrons. The number of unbranched alkanes of at least 4 members (excludes halogenated alkanes) is 10. The number of aromatic hydroxyl groups is 1. The molecule has 2 aromatic carbocycles. The molecule has 2 rings (SSSR count). The highest BCUT2D eigenvalue weighted by Gasteiger charge is 2.25. The number of ether oxygens (including phenoxy) is 1. The Balaban J connectivity index is 1.89. The molecule has 0 fully saturated rings. The van der Waals surface area contributed by atoms with Gasteiger partial charge in [-0.15, -0.1) is 0 Å². The van der Waals surface area contributed by atoms with Crippen LogP contribution in [0.25, 0.3) is 0 Å². The Bertz CT molecular complexity index is 878. The van der Waals surface area contributed by atoms with Gasteiger partial charge in [0.05, 0.1) is 0 Å². The lowest BCUT2D eigenvalue weighted by atomic mass is 10.0. The van der Waals surface area contributed by atoms with Crippen LogP contribution < -0.4 is 4.74 Å². The second-order valence-electron chi connectivity index (χ2n) is 8.08. The van der Waals surface area contributed by atoms with Crippen LogP contribution in [0.5, 0.6) is 17.2 Å². The number of hydrogen-bond donors (Lipinski definition) is 2. The van der Waals surface area contributed by atoms with Gasteiger partial charge < -0.3 is 9.84 Å². The molecule has 0 aliphatic heterocycles. The van der Waals surface area contributed by atoms with Gasteiger partial charge in [-0.25, -0.2) is 0 Å². The first-order valence-corrected chi connectivity index (χ1v) is 12.9. The van der Waals surface area contributed by atoms with Crippen molar-refractivity contribution in [3.63, 3.8) is 0 Å². The highest BCUT2D eigenvalue weighted by molar-refractivity contribution is 7.86. The third kappa shape index (κ3) is 8.91. The number of aryl methyl sites for hydroxylation is 1. The smallest absolute Gasteiger partial charge is 0.298 e. The number of benzene rings is 2. The van der Waals surface area contributed by atoms with E-state index in [-0.39, 0.29) is 16.4 Å². The number of phenols is 1. The molecular formula is C25H36O5S. The first kappa shape index (κ1) is 25.2. The van der Waals surface area contributed by atoms with Gasteiger partial charge in [0, 0.05) is 0 Å². The molecule has 0 atom stereocenters. The summed E-state index contributed by atoms with van der Waals surface area (Å²) < 4.78 is 39.6. The summed E-state index contributed by atoms with van der Waals surface area (Å²) in [7, 11) is -4.56. The second-order valence-corrected chi connectivity index (χ2v) is 9.44. The SMILES string of the molecule is CCCCCCCCCCCCCc1ccc(O)c(Oc2ccccc2)c1S(=O)(=O)O. The molecule has 6 heteroatoms. The van der Waals surface area contributed by atoms with Crippen LogP contribution in [0, 0.1) is 0 Å². The van der Waals surface area contributed by atoms with E-state index in [9.17, 15) is 18.1 Å². The Morgan fingerprint density at radius 1 is 0.774 bits per heavy atom. The summed E-state index contributed by atoms with van der Waals surface area (Å²) in [4.78, 5) is -0.344. The average molecular weight is 449 g/mol. The third-order valence-electron chi connectivity index (χ3n) is 5.44. The van der Waals surface area contributed by atoms with E-state index >= 15 is 0 Å². The quantitative estimate of drug-likeness (QED) is 0.221. The molecular weight excluding hydrogens is 412 g/mol. The standard InChI is InChI=1S/C25H36O5S/c1-2-3-4-5-6-7-8-9-10-11-13-16-21-19-20-23(26)24(25(21)31(27,28)29)30-22-17-14-12-15-18-22/h12,14-15,17-20,26H,2-11,13,16H2,1H3,(H,27,28,29). The van der Waals surface area contributed by atoms with Crippen LogP contribution in [-0.4, -0.2) is 18.1 Å². The molecule has 0 radical (unpaired) electrons. The van der Waals surface area contributed by atoms with Crippen LogP contribution in [-0.2, 0) is 16.5 Å². The second kappa shape index (κ2) is 13.4. The van der Waals surface area contributed by atoms with E-state index in [4.69, 9.17) is 4.74 Å². The van der Waals surface area contributed by atoms with Gasteiger partial charge in [-0.3, -0.25) is 4.55 Å². The fourth-order valence-corrected chi connectivity index (χ4v) is 4.64. The van der Waals surface area contributed by atoms with Crippen LogP contribution in [0.15, 0.2) is 47.4 Å². The van der Waals surface area contributed by atoms with E-state index in [1.165, 1.54) is 57.4 Å². The number of para-hydroxylation sites is 1. The van der Waals surface area contributed by atoms with Crippen LogP contribution in [0.4, 0.5) is 0 Å². The maximum Gasteiger partial charge on any atom is 0.298 e. The largest absolute Gasteiger partial charge is 0.504 e. The van der Waals surface area contributed by atoms with Crippen LogP contribution in [0.2, 0.25) is 0 Å². The van der Waals surface area contributed by atoms with Gasteiger partial charge in [0.1, 0.15) is 10.6 Å². The zero-order valence-corrected chi connectivity index (χ0v) is 19.4. The fourth-order valence-electron chi connectivity index (χ4n) is 3.76. The highest BCUT2D eigenvalue weighted by atomic mass is 32.2. The average Bonchev–Trinajstić information content (AvgIpc) is 2.74. The van der Waals surface area contributed by atoms with Gasteiger partial charge in [0.25, 0.3) is 10.1 Å². The summed E-state index contributed by atoms with van der Waals surface area (Å²) in [5, 5.41) is 10.2. The van der Waals surface area contributed by atoms with Crippen molar-refractivity contribution in [2.45, 2.75) is 88.9 Å². The van der Waals surface area contributed by atoms with Crippen LogP contribution in [0.3, 0.4) is 0 Å². The Labute approximate surface area is 187 Å². The first-order chi connectivity index (χ1) is 14.9. The lowest BCUT2D eigenvalue weighted by Gasteiger charge is -2.15. The van der Waals surface area contributed by atoms with Crippen molar-refractivity contribution >= 4 is 10.1 Å². The molecule has 0 spiro atoms. The monoisotopic (exact) mass is 448 g/mol. The molecule has 0 bridgehead atoms. The normalized spacial score (nSPS) is 11.5. The van der Waals surface area contributed by atoms with Gasteiger partial charge >= 0.3 is 0 Å². The molecule has 5 nitrogen and oxygen atoms in total. The maximum atomic E-state index is 12.1. The van der Waals surface area contributed by atoms with Crippen molar-refractivity contribution in [1.29, 1.82) is 0 Å². The molecule has 0 aliphatic carbocycles. The molecule has 2 N–H and O–H groups in total. The summed E-state index contributed by atoms with van der Waals surface area (Å²) in [5.74, 6) is -0.164. The molecule has 31 heavy (non-hydrogen) atoms. The topological polar surface area (TPSA) is 83.8 Å². The van der Waals surface area contributed by atoms with E-state index in [0.717, 1.165) is 19.3 Å². The van der Waals surface area contributed by atoms with E-state index in [0.29, 0.717) is 17.7 Å². The van der Waals surface area contributed by atoms with Crippen LogP contribution in [0.1, 0.15) is 83.1 Å². The Kier molecular flexibility index (Phi) is 10.9. The van der Waals surface area contributed by atoms with Crippen molar-refractivity contribution in [1.82, 2.24) is 0 Å². The van der Waals surface area contributed by atoms with E-state index in [1.807, 2.05) is 0 Å². The van der Waals surface area contributed by atoms with Crippen molar-refractivity contribution in [3.05, 3.63) is 48.0 Å². The summed E-state index contributed by atoms with van der Waals surface area (Å²) >= 11 is 0. The van der Waals surface area contributed by atoms with Crippen LogP contribution >= 0.6 is 0 Å². The molecule has 0 saturated heterocycles. The molecule has 0 amide bonds. The summed E-state index contributed by atoms with van der Waals surface area (Å²) in [6, 6.07) is 11.6. The minimum Gasteiger partial charge on any atom is -0.504 e. The minimum absolute atomic E-state index is 0.228. The van der Waals surface area contributed by atoms with Crippen molar-refractivity contribution < 1.29 is 22.8 Å². The molecule has 0 aliphatic rings. The third-order valence-corrected chi connectivity index (χ3v) is 6.41. The number of hydrogen-bond acceptors (Lipinski definition) is 4. The summed E-state index contributed by atoms with van der Waals surface area (Å²) in [5.41, 5.74) is 0.460. The van der Waals surface area contributed by atoms with Crippen molar-refractivity contribution in [2.75, 3.05) is 0 Å². The van der Waals surface area contributed by atoms with E-state index < -0.39 is 10.1 Å². The zero-order valence-electron chi connectivity index (χ0n) is 18.6. The lowest BCUT2D eigenvalue weighted by Crippen LogP contribution is -2.06. The Morgan fingerprint density at radius 2 is 1.32 bits per heavy atom. The van der Waals surface area contributed by atoms with Gasteiger partial charge in [0.15, 0.2) is 11.5 Å². The number of rotatable bonds is 15. The maximum absolute atomic E-state index is 12.1. The Hall–Kier alpha value is -2.05. The molecule has 0 aromatic heterocycles. The number of phenolic OH excluding ortho intramolecular Hbond substituents is 1. The highest BCUT2D eigenvalue weighted by Crippen LogP contribution is 2.39. The lowest BCUT2D eigenvalue weighted by molar-refractivity contribution is 0.395. The molecule has 0 unspecified atom stereocenters. The summed E-state index contributed by atoms with van der Waals surface area (Å²) in [6.45, 7) is 2.23. The Morgan fingerprint density at radius 3 is 1.87 bits per heavy atom. The first-order valence-electron chi connectivity index (χ1n) is 11.5. The van der Waals surface area contributed by atoms with Gasteiger partial charge in [0.2, 0.25) is 0 Å². The minimum atomic E-state index is -4.56. The van der Waals surface area contributed by atoms with Gasteiger partial charge in [-0.05, 0) is 36.6 Å². The van der Waals surface area contributed by atoms with Gasteiger partial charge in [-0.2, -0.15) is 8.42 Å². The molecule has 0 saturated carbocycles. The summed E-state index contributed by atoms with van der Waals surface area (Å²) in [6.07, 6.45) is 13.7. The van der Waals surface area contributed by atoms with Crippen molar-refractivity contribution in [3.8, 4) is 17.2 Å². The van der Waals surface area contributed by atoms with E-state index in [1.54, 1.807) is 36.4 Å². The van der Waals surface area contributed by atoms with E-state index in [2.05, 4.69) is 6.92 Å².